The first-order valence-corrected chi connectivity index (χ1v) is 27.9. The van der Waals surface area contributed by atoms with Gasteiger partial charge in [-0.2, -0.15) is 0 Å². The Bertz CT molecular complexity index is 1800. The van der Waals surface area contributed by atoms with Crippen LogP contribution in [0.15, 0.2) is 0 Å². The maximum Gasteiger partial charge on any atom is 0.326 e. The maximum atomic E-state index is 12.5. The van der Waals surface area contributed by atoms with Crippen molar-refractivity contribution < 1.29 is 92.1 Å². The molecule has 0 aromatic carbocycles. The van der Waals surface area contributed by atoms with Crippen LogP contribution in [0.4, 0.5) is 0 Å². The fraction of sp³-hybridized carbons (Fsp3) is 0.784. The number of carbonyl (C=O) groups excluding carboxylic acids is 7. The first kappa shape index (κ1) is 73.3. The van der Waals surface area contributed by atoms with Crippen molar-refractivity contribution in [1.82, 2.24) is 36.6 Å². The van der Waals surface area contributed by atoms with Crippen LogP contribution in [-0.2, 0) is 71.7 Å². The quantitative estimate of drug-likeness (QED) is 0.0301. The topological polar surface area (TPSA) is 416 Å². The van der Waals surface area contributed by atoms with E-state index < -0.39 is 96.5 Å². The van der Waals surface area contributed by atoms with Crippen LogP contribution in [-0.4, -0.2) is 182 Å². The third kappa shape index (κ3) is 45.8. The molecular weight excluding hydrogens is 1060 g/mol. The summed E-state index contributed by atoms with van der Waals surface area (Å²) in [4.78, 5) is 130. The Morgan fingerprint density at radius 3 is 1.13 bits per heavy atom. The number of amides is 7. The van der Waals surface area contributed by atoms with E-state index in [-0.39, 0.29) is 117 Å². The molecule has 0 spiro atoms. The minimum atomic E-state index is -1.49. The van der Waals surface area contributed by atoms with Crippen LogP contribution in [0.3, 0.4) is 0 Å². The third-order valence-corrected chi connectivity index (χ3v) is 12.3. The van der Waals surface area contributed by atoms with Gasteiger partial charge in [-0.3, -0.25) is 43.1 Å². The molecule has 0 aliphatic rings. The number of carbonyl (C=O) groups is 11. The van der Waals surface area contributed by atoms with E-state index in [2.05, 4.69) is 49.4 Å². The smallest absolute Gasteiger partial charge is 0.326 e. The summed E-state index contributed by atoms with van der Waals surface area (Å²) in [5, 5.41) is 52.1. The number of carboxylic acid groups (broad SMARTS) is 4. The molecule has 0 aromatic rings. The lowest BCUT2D eigenvalue weighted by Gasteiger charge is -2.17. The molecule has 13 N–H and O–H groups in total. The number of nitrogens with two attached hydrogens (primary N) is 1. The van der Waals surface area contributed by atoms with Crippen molar-refractivity contribution in [1.29, 1.82) is 0 Å². The highest BCUT2D eigenvalue weighted by molar-refractivity contribution is 7.78. The minimum Gasteiger partial charge on any atom is -0.481 e. The summed E-state index contributed by atoms with van der Waals surface area (Å²) in [5.74, 6) is -8.57. The van der Waals surface area contributed by atoms with Gasteiger partial charge in [-0.1, -0.05) is 89.9 Å². The van der Waals surface area contributed by atoms with Gasteiger partial charge in [-0.15, -0.1) is 0 Å². The van der Waals surface area contributed by atoms with Crippen molar-refractivity contribution >= 4 is 78.0 Å². The van der Waals surface area contributed by atoms with Gasteiger partial charge in [0.15, 0.2) is 0 Å². The number of primary amides is 1. The van der Waals surface area contributed by atoms with Crippen LogP contribution >= 0.6 is 12.8 Å². The summed E-state index contributed by atoms with van der Waals surface area (Å²) >= 11 is 3.83. The van der Waals surface area contributed by atoms with E-state index in [0.29, 0.717) is 25.7 Å². The molecule has 28 heteroatoms. The lowest BCUT2D eigenvalue weighted by Crippen LogP contribution is -2.45. The summed E-state index contributed by atoms with van der Waals surface area (Å²) in [7, 11) is 0. The zero-order chi connectivity index (χ0) is 58.9. The van der Waals surface area contributed by atoms with Crippen molar-refractivity contribution in [3.05, 3.63) is 0 Å². The molecule has 0 fully saturated rings. The fourth-order valence-corrected chi connectivity index (χ4v) is 7.80. The number of carboxylic acids is 4. The Kier molecular flexibility index (Phi) is 45.8. The average Bonchev–Trinajstić information content (AvgIpc) is 3.39. The number of ether oxygens (including phenoxy) is 4. The summed E-state index contributed by atoms with van der Waals surface area (Å²) in [6.07, 6.45) is 15.3. The average molecular weight is 1150 g/mol. The van der Waals surface area contributed by atoms with Gasteiger partial charge in [0.1, 0.15) is 31.3 Å². The lowest BCUT2D eigenvalue weighted by molar-refractivity contribution is -0.144. The molecule has 0 saturated heterocycles. The Balaban J connectivity index is 3.97. The number of nitrogens with one attached hydrogen (secondary N) is 7. The second kappa shape index (κ2) is 49.4. The fourth-order valence-electron chi connectivity index (χ4n) is 7.54. The number of rotatable bonds is 55. The Labute approximate surface area is 468 Å². The number of thiol groups is 1. The first-order chi connectivity index (χ1) is 37.9. The van der Waals surface area contributed by atoms with Crippen LogP contribution in [0.2, 0.25) is 0 Å². The van der Waals surface area contributed by atoms with E-state index in [9.17, 15) is 68.1 Å². The lowest BCUT2D eigenvalue weighted by atomic mass is 10.0. The number of hydrogen-bond donors (Lipinski definition) is 13. The van der Waals surface area contributed by atoms with Crippen LogP contribution < -0.4 is 42.4 Å². The van der Waals surface area contributed by atoms with Gasteiger partial charge in [0, 0.05) is 51.7 Å². The minimum absolute atomic E-state index is 0.0355. The van der Waals surface area contributed by atoms with Gasteiger partial charge in [0.25, 0.3) is 0 Å². The molecule has 27 nitrogen and oxygen atoms in total. The largest absolute Gasteiger partial charge is 0.481 e. The molecule has 1 unspecified atom stereocenters. The summed E-state index contributed by atoms with van der Waals surface area (Å²) < 4.78 is 23.7. The highest BCUT2D eigenvalue weighted by atomic mass is 32.1. The molecule has 0 heterocycles. The van der Waals surface area contributed by atoms with Crippen LogP contribution in [0.25, 0.3) is 0 Å². The van der Waals surface area contributed by atoms with Crippen LogP contribution in [0, 0.1) is 0 Å². The summed E-state index contributed by atoms with van der Waals surface area (Å²) in [6, 6.07) is -4.71. The second-order valence-corrected chi connectivity index (χ2v) is 19.1. The van der Waals surface area contributed by atoms with Gasteiger partial charge < -0.3 is 77.0 Å². The normalized spacial score (nSPS) is 12.5. The Morgan fingerprint density at radius 2 is 0.709 bits per heavy atom. The van der Waals surface area contributed by atoms with E-state index in [1.807, 2.05) is 0 Å². The van der Waals surface area contributed by atoms with Crippen molar-refractivity contribution in [2.75, 3.05) is 72.5 Å². The van der Waals surface area contributed by atoms with Gasteiger partial charge in [-0.05, 0) is 51.4 Å². The number of aliphatic carboxylic acids is 4. The van der Waals surface area contributed by atoms with Crippen molar-refractivity contribution in [2.24, 2.45) is 5.73 Å². The van der Waals surface area contributed by atoms with Gasteiger partial charge >= 0.3 is 23.9 Å². The van der Waals surface area contributed by atoms with Gasteiger partial charge in [0.05, 0.1) is 45.7 Å². The molecule has 0 bridgehead atoms. The van der Waals surface area contributed by atoms with E-state index >= 15 is 0 Å². The van der Waals surface area contributed by atoms with Crippen molar-refractivity contribution in [3.63, 3.8) is 0 Å². The van der Waals surface area contributed by atoms with Crippen LogP contribution in [0.1, 0.15) is 161 Å². The van der Waals surface area contributed by atoms with E-state index in [1.165, 1.54) is 32.1 Å². The Morgan fingerprint density at radius 1 is 0.354 bits per heavy atom. The van der Waals surface area contributed by atoms with E-state index in [4.69, 9.17) is 29.8 Å². The van der Waals surface area contributed by atoms with Crippen molar-refractivity contribution in [3.8, 4) is 0 Å². The molecular formula is C51H90N8O19S. The summed E-state index contributed by atoms with van der Waals surface area (Å²) in [6.45, 7) is 0.228. The number of unbranched alkanes of at least 4 members (excludes halogenated alkanes) is 14. The van der Waals surface area contributed by atoms with Crippen LogP contribution in [0.5, 0.6) is 0 Å². The molecule has 0 aromatic heterocycles. The molecule has 454 valence electrons. The molecule has 0 saturated carbocycles. The predicted octanol–water partition coefficient (Wildman–Crippen LogP) is 1.23. The molecule has 0 radical (unpaired) electrons. The molecule has 0 aliphatic carbocycles. The zero-order valence-electron chi connectivity index (χ0n) is 45.7. The number of hydrogen-bond acceptors (Lipinski definition) is 17. The van der Waals surface area contributed by atoms with Gasteiger partial charge in [0.2, 0.25) is 41.4 Å². The maximum absolute atomic E-state index is 12.5. The highest BCUT2D eigenvalue weighted by Gasteiger charge is 2.25. The SMILES string of the molecule is NC(=O)[C@H](CCCCNC(=O)CC[C@H](NC(=O)CCC(NC(=O)COCCOCCNC(=O)COCCOCCNC(=O)CC[C@H](NC(=O)CCCCCCCCCCCCCCCCC(=O)O)C(=O)O)C(=O)O)C(=O)O)NS. The zero-order valence-corrected chi connectivity index (χ0v) is 46.6. The van der Waals surface area contributed by atoms with Gasteiger partial charge in [-0.25, -0.2) is 14.4 Å². The monoisotopic (exact) mass is 1150 g/mol. The molecule has 4 atom stereocenters. The first-order valence-electron chi connectivity index (χ1n) is 27.4. The molecule has 0 rings (SSSR count). The van der Waals surface area contributed by atoms with E-state index in [1.54, 1.807) is 0 Å². The third-order valence-electron chi connectivity index (χ3n) is 12.0. The molecule has 7 amide bonds. The summed E-state index contributed by atoms with van der Waals surface area (Å²) in [5.41, 5.74) is 5.22. The second-order valence-electron chi connectivity index (χ2n) is 18.8. The predicted molar refractivity (Wildman–Crippen MR) is 289 cm³/mol. The van der Waals surface area contributed by atoms with E-state index in [0.717, 1.165) is 51.4 Å². The highest BCUT2D eigenvalue weighted by Crippen LogP contribution is 2.14. The van der Waals surface area contributed by atoms with Crippen molar-refractivity contribution in [2.45, 2.75) is 185 Å². The Hall–Kier alpha value is -5.68. The standard InChI is InChI=1S/C51H90N8O19S/c52-48(68)37(59-79)17-15-16-26-53-41(60)23-20-39(50(71)72)57-44(63)25-22-40(51(73)74)58-46(65)36-78-34-32-76-30-28-55-45(64)35-77-33-31-75-29-27-54-42(61)24-21-38(49(69)70)56-43(62)18-13-11-9-7-5-3-1-2-4-6-8-10-12-14-19-47(66)67/h37-40,59,79H,1-36H2,(H2,52,68)(H,53,60)(H,54,61)(H,55,64)(H,56,62)(H,57,63)(H,58,65)(H,66,67)(H,69,70)(H,71,72)(H,73,74)/t37-,38-,39-,40?/m0/s1. The molecule has 0 aliphatic heterocycles. The molecule has 79 heavy (non-hydrogen) atoms.